The minimum atomic E-state index is -1.21. The Labute approximate surface area is 156 Å². The lowest BCUT2D eigenvalue weighted by Gasteiger charge is -2.47. The maximum Gasteiger partial charge on any atom is 0.121 e. The van der Waals surface area contributed by atoms with Gasteiger partial charge in [0.05, 0.1) is 0 Å². The number of rotatable bonds is 14. The Balaban J connectivity index is 3.08. The van der Waals surface area contributed by atoms with Crippen LogP contribution in [0.25, 0.3) is 0 Å². The highest BCUT2D eigenvalue weighted by Crippen LogP contribution is 2.48. The summed E-state index contributed by atoms with van der Waals surface area (Å²) in [6, 6.07) is 9.67. The van der Waals surface area contributed by atoms with Crippen LogP contribution in [0.1, 0.15) is 85.5 Å². The first-order valence-corrected chi connectivity index (χ1v) is 16.4. The third-order valence-electron chi connectivity index (χ3n) is 6.57. The van der Waals surface area contributed by atoms with Crippen molar-refractivity contribution in [3.8, 4) is 0 Å². The molecular formula is C21H46NSi2. The molecule has 3 heteroatoms. The number of unbranched alkanes of at least 4 members (excludes halogenated alkanes) is 4. The molecule has 1 heterocycles. The summed E-state index contributed by atoms with van der Waals surface area (Å²) in [5.41, 5.74) is 0. The van der Waals surface area contributed by atoms with E-state index in [0.717, 1.165) is 6.42 Å². The SMILES string of the molecule is [CH2]CCN1[Si](CCCC)(CCCC)CC[Si]1(CCCC)CCCC. The maximum absolute atomic E-state index is 4.30. The van der Waals surface area contributed by atoms with E-state index in [0.29, 0.717) is 0 Å². The monoisotopic (exact) mass is 368 g/mol. The summed E-state index contributed by atoms with van der Waals surface area (Å²) in [6.45, 7) is 15.2. The average molecular weight is 369 g/mol. The second kappa shape index (κ2) is 11.9. The summed E-state index contributed by atoms with van der Waals surface area (Å²) in [6.07, 6.45) is 12.6. The molecule has 0 aromatic rings. The second-order valence-corrected chi connectivity index (χ2v) is 17.8. The standard InChI is InChI=1S/C21H46NSi2/c1-6-11-16-23(17-12-7-2)20-21-24(18-13-8-3,19-14-9-4)22(23)15-10-5/h5-21H2,1-4H3. The van der Waals surface area contributed by atoms with E-state index in [2.05, 4.69) is 38.8 Å². The molecule has 0 aliphatic carbocycles. The van der Waals surface area contributed by atoms with Crippen molar-refractivity contribution in [2.75, 3.05) is 6.54 Å². The highest BCUT2D eigenvalue weighted by atomic mass is 28.4. The molecule has 1 fully saturated rings. The molecule has 0 N–H and O–H groups in total. The molecule has 0 unspecified atom stereocenters. The third kappa shape index (κ3) is 5.70. The summed E-state index contributed by atoms with van der Waals surface area (Å²) in [5, 5.41) is 0. The van der Waals surface area contributed by atoms with Gasteiger partial charge in [-0.2, -0.15) is 0 Å². The van der Waals surface area contributed by atoms with Crippen LogP contribution in [0, 0.1) is 6.92 Å². The van der Waals surface area contributed by atoms with E-state index in [4.69, 9.17) is 0 Å². The first kappa shape index (κ1) is 22.4. The van der Waals surface area contributed by atoms with Crippen LogP contribution >= 0.6 is 0 Å². The van der Waals surface area contributed by atoms with E-state index in [1.54, 1.807) is 36.3 Å². The highest BCUT2D eigenvalue weighted by Gasteiger charge is 2.54. The molecule has 0 bridgehead atoms. The summed E-state index contributed by atoms with van der Waals surface area (Å²) in [7, 11) is -2.41. The number of hydrogen-bond donors (Lipinski definition) is 0. The number of nitrogens with zero attached hydrogens (tertiary/aromatic N) is 1. The van der Waals surface area contributed by atoms with Gasteiger partial charge < -0.3 is 4.23 Å². The summed E-state index contributed by atoms with van der Waals surface area (Å²) >= 11 is 0. The van der Waals surface area contributed by atoms with Crippen molar-refractivity contribution >= 4 is 16.5 Å². The van der Waals surface area contributed by atoms with Crippen LogP contribution in [0.5, 0.6) is 0 Å². The van der Waals surface area contributed by atoms with Crippen LogP contribution < -0.4 is 0 Å². The van der Waals surface area contributed by atoms with Gasteiger partial charge in [0.1, 0.15) is 16.5 Å². The maximum atomic E-state index is 4.30. The molecular weight excluding hydrogens is 322 g/mol. The van der Waals surface area contributed by atoms with E-state index in [1.807, 2.05) is 0 Å². The van der Waals surface area contributed by atoms with Gasteiger partial charge in [0.2, 0.25) is 0 Å². The Morgan fingerprint density at radius 2 is 1.00 bits per heavy atom. The molecule has 1 aliphatic rings. The molecule has 1 aliphatic heterocycles. The smallest absolute Gasteiger partial charge is 0.121 e. The Bertz CT molecular complexity index is 275. The second-order valence-electron chi connectivity index (χ2n) is 8.37. The van der Waals surface area contributed by atoms with Crippen LogP contribution in [0.3, 0.4) is 0 Å². The minimum Gasteiger partial charge on any atom is -0.345 e. The summed E-state index contributed by atoms with van der Waals surface area (Å²) in [4.78, 5) is 0. The van der Waals surface area contributed by atoms with Crippen LogP contribution in [0.15, 0.2) is 0 Å². The first-order chi connectivity index (χ1) is 11.6. The van der Waals surface area contributed by atoms with Gasteiger partial charge in [0.25, 0.3) is 0 Å². The molecule has 0 aromatic heterocycles. The molecule has 1 radical (unpaired) electrons. The van der Waals surface area contributed by atoms with Crippen molar-refractivity contribution in [1.29, 1.82) is 0 Å². The van der Waals surface area contributed by atoms with Gasteiger partial charge in [-0.3, -0.25) is 0 Å². The summed E-state index contributed by atoms with van der Waals surface area (Å²) < 4.78 is 3.31. The van der Waals surface area contributed by atoms with Crippen molar-refractivity contribution in [2.45, 2.75) is 122 Å². The van der Waals surface area contributed by atoms with Crippen LogP contribution in [-0.2, 0) is 0 Å². The minimum absolute atomic E-state index is 1.14. The molecule has 0 atom stereocenters. The number of hydrogen-bond acceptors (Lipinski definition) is 1. The molecule has 0 saturated carbocycles. The van der Waals surface area contributed by atoms with Gasteiger partial charge in [-0.05, 0) is 49.2 Å². The van der Waals surface area contributed by atoms with E-state index in [1.165, 1.54) is 57.9 Å². The van der Waals surface area contributed by atoms with Crippen LogP contribution in [0.2, 0.25) is 36.3 Å². The lowest BCUT2D eigenvalue weighted by Crippen LogP contribution is -2.60. The quantitative estimate of drug-likeness (QED) is 0.285. The molecule has 0 spiro atoms. The largest absolute Gasteiger partial charge is 0.345 e. The van der Waals surface area contributed by atoms with Gasteiger partial charge in [-0.1, -0.05) is 86.0 Å². The summed E-state index contributed by atoms with van der Waals surface area (Å²) in [5.74, 6) is 0. The topological polar surface area (TPSA) is 3.24 Å². The normalized spacial score (nSPS) is 19.9. The van der Waals surface area contributed by atoms with E-state index >= 15 is 0 Å². The molecule has 1 saturated heterocycles. The zero-order valence-corrected chi connectivity index (χ0v) is 19.5. The predicted molar refractivity (Wildman–Crippen MR) is 117 cm³/mol. The van der Waals surface area contributed by atoms with Gasteiger partial charge in [0, 0.05) is 0 Å². The van der Waals surface area contributed by atoms with Gasteiger partial charge in [0.15, 0.2) is 0 Å². The predicted octanol–water partition coefficient (Wildman–Crippen LogP) is 7.62. The van der Waals surface area contributed by atoms with Gasteiger partial charge in [-0.25, -0.2) is 0 Å². The highest BCUT2D eigenvalue weighted by molar-refractivity contribution is 6.97. The van der Waals surface area contributed by atoms with Crippen LogP contribution in [0.4, 0.5) is 0 Å². The lowest BCUT2D eigenvalue weighted by molar-refractivity contribution is 0.580. The molecule has 0 amide bonds. The van der Waals surface area contributed by atoms with E-state index < -0.39 is 16.5 Å². The van der Waals surface area contributed by atoms with Crippen molar-refractivity contribution < 1.29 is 0 Å². The fourth-order valence-electron chi connectivity index (χ4n) is 5.18. The van der Waals surface area contributed by atoms with Gasteiger partial charge in [-0.15, -0.1) is 0 Å². The molecule has 1 nitrogen and oxygen atoms in total. The van der Waals surface area contributed by atoms with E-state index in [9.17, 15) is 0 Å². The lowest BCUT2D eigenvalue weighted by atomic mass is 10.4. The van der Waals surface area contributed by atoms with Gasteiger partial charge >= 0.3 is 0 Å². The molecule has 1 rings (SSSR count). The van der Waals surface area contributed by atoms with Crippen molar-refractivity contribution in [1.82, 2.24) is 4.23 Å². The fraction of sp³-hybridized carbons (Fsp3) is 0.952. The Kier molecular flexibility index (Phi) is 11.1. The zero-order valence-electron chi connectivity index (χ0n) is 17.5. The Hall–Kier alpha value is 0.394. The Morgan fingerprint density at radius 1 is 0.667 bits per heavy atom. The average Bonchev–Trinajstić information content (AvgIpc) is 2.90. The molecule has 24 heavy (non-hydrogen) atoms. The zero-order chi connectivity index (χ0) is 17.9. The fourth-order valence-corrected chi connectivity index (χ4v) is 23.4. The first-order valence-electron chi connectivity index (χ1n) is 11.2. The van der Waals surface area contributed by atoms with Crippen molar-refractivity contribution in [3.63, 3.8) is 0 Å². The van der Waals surface area contributed by atoms with Crippen molar-refractivity contribution in [3.05, 3.63) is 6.92 Å². The third-order valence-corrected chi connectivity index (χ3v) is 20.1. The Morgan fingerprint density at radius 3 is 1.25 bits per heavy atom. The van der Waals surface area contributed by atoms with Crippen LogP contribution in [-0.4, -0.2) is 27.2 Å². The molecule has 143 valence electrons. The van der Waals surface area contributed by atoms with Crippen molar-refractivity contribution in [2.24, 2.45) is 0 Å². The van der Waals surface area contributed by atoms with E-state index in [-0.39, 0.29) is 0 Å². The molecule has 0 aromatic carbocycles.